The molecule has 0 fully saturated rings. The Labute approximate surface area is 128 Å². The molecule has 2 aromatic rings. The summed E-state index contributed by atoms with van der Waals surface area (Å²) < 4.78 is 0. The minimum absolute atomic E-state index is 0.0184. The number of hydrogen-bond donors (Lipinski definition) is 1. The van der Waals surface area contributed by atoms with Crippen molar-refractivity contribution in [3.05, 3.63) is 52.2 Å². The molecular formula is C16H18N2O2S. The summed E-state index contributed by atoms with van der Waals surface area (Å²) in [5.74, 6) is -0.0688. The summed E-state index contributed by atoms with van der Waals surface area (Å²) in [5, 5.41) is 4.85. The van der Waals surface area contributed by atoms with Crippen molar-refractivity contribution >= 4 is 28.8 Å². The molecule has 0 saturated heterocycles. The zero-order chi connectivity index (χ0) is 15.2. The number of hydrogen-bond acceptors (Lipinski definition) is 3. The Hall–Kier alpha value is -2.14. The van der Waals surface area contributed by atoms with Crippen LogP contribution in [0.3, 0.4) is 0 Å². The Balaban J connectivity index is 1.88. The quantitative estimate of drug-likeness (QED) is 0.923. The van der Waals surface area contributed by atoms with Crippen molar-refractivity contribution in [3.8, 4) is 0 Å². The van der Waals surface area contributed by atoms with Gasteiger partial charge in [-0.2, -0.15) is 0 Å². The third-order valence-corrected chi connectivity index (χ3v) is 3.94. The highest BCUT2D eigenvalue weighted by Gasteiger charge is 2.08. The van der Waals surface area contributed by atoms with Crippen LogP contribution in [0.5, 0.6) is 0 Å². The number of carbonyl (C=O) groups excluding carboxylic acids is 2. The summed E-state index contributed by atoms with van der Waals surface area (Å²) in [6.45, 7) is 0. The highest BCUT2D eigenvalue weighted by molar-refractivity contribution is 7.09. The van der Waals surface area contributed by atoms with E-state index in [1.54, 1.807) is 49.7 Å². The maximum atomic E-state index is 11.9. The molecule has 1 heterocycles. The van der Waals surface area contributed by atoms with Crippen molar-refractivity contribution in [2.75, 3.05) is 19.4 Å². The second kappa shape index (κ2) is 7.04. The lowest BCUT2D eigenvalue weighted by Gasteiger charge is -2.11. The van der Waals surface area contributed by atoms with Gasteiger partial charge in [-0.1, -0.05) is 6.07 Å². The first kappa shape index (κ1) is 15.3. The van der Waals surface area contributed by atoms with Crippen LogP contribution < -0.4 is 5.32 Å². The Kier molecular flexibility index (Phi) is 5.11. The molecule has 0 aliphatic carbocycles. The molecule has 0 saturated carbocycles. The van der Waals surface area contributed by atoms with Crippen molar-refractivity contribution in [1.82, 2.24) is 4.90 Å². The minimum atomic E-state index is -0.0504. The SMILES string of the molecule is CN(C)C(=O)c1ccc(NC(=O)CCc2cccs2)cc1. The third-order valence-electron chi connectivity index (χ3n) is 3.00. The molecule has 0 unspecified atom stereocenters. The number of amides is 2. The monoisotopic (exact) mass is 302 g/mol. The molecule has 5 heteroatoms. The number of nitrogens with zero attached hydrogens (tertiary/aromatic N) is 1. The number of nitrogens with one attached hydrogen (secondary N) is 1. The Morgan fingerprint density at radius 2 is 1.86 bits per heavy atom. The molecule has 0 aliphatic rings. The lowest BCUT2D eigenvalue weighted by Crippen LogP contribution is -2.21. The van der Waals surface area contributed by atoms with Crippen molar-refractivity contribution in [2.45, 2.75) is 12.8 Å². The molecule has 0 atom stereocenters. The van der Waals surface area contributed by atoms with Crippen molar-refractivity contribution in [2.24, 2.45) is 0 Å². The van der Waals surface area contributed by atoms with Gasteiger partial charge in [0.1, 0.15) is 0 Å². The molecule has 2 rings (SSSR count). The van der Waals surface area contributed by atoms with E-state index in [1.807, 2.05) is 17.5 Å². The molecule has 0 aliphatic heterocycles. The van der Waals surface area contributed by atoms with Gasteiger partial charge in [0.05, 0.1) is 0 Å². The van der Waals surface area contributed by atoms with Gasteiger partial charge in [0.25, 0.3) is 5.91 Å². The van der Waals surface area contributed by atoms with Gasteiger partial charge >= 0.3 is 0 Å². The van der Waals surface area contributed by atoms with Crippen LogP contribution in [0, 0.1) is 0 Å². The minimum Gasteiger partial charge on any atom is -0.345 e. The average Bonchev–Trinajstić information content (AvgIpc) is 2.98. The van der Waals surface area contributed by atoms with Crippen LogP contribution in [-0.4, -0.2) is 30.8 Å². The fourth-order valence-electron chi connectivity index (χ4n) is 1.87. The molecule has 0 bridgehead atoms. The predicted octanol–water partition coefficient (Wildman–Crippen LogP) is 3.02. The summed E-state index contributed by atoms with van der Waals surface area (Å²) in [5.41, 5.74) is 1.32. The number of aryl methyl sites for hydroxylation is 1. The van der Waals surface area contributed by atoms with E-state index in [9.17, 15) is 9.59 Å². The lowest BCUT2D eigenvalue weighted by atomic mass is 10.2. The van der Waals surface area contributed by atoms with Crippen LogP contribution in [0.1, 0.15) is 21.7 Å². The van der Waals surface area contributed by atoms with Crippen molar-refractivity contribution in [3.63, 3.8) is 0 Å². The third kappa shape index (κ3) is 4.43. The van der Waals surface area contributed by atoms with Gasteiger partial charge in [-0.05, 0) is 42.1 Å². The Bertz CT molecular complexity index is 604. The van der Waals surface area contributed by atoms with Gasteiger partial charge in [0.2, 0.25) is 5.91 Å². The molecule has 2 amide bonds. The fourth-order valence-corrected chi connectivity index (χ4v) is 2.58. The molecule has 110 valence electrons. The first-order chi connectivity index (χ1) is 10.1. The van der Waals surface area contributed by atoms with Crippen LogP contribution >= 0.6 is 11.3 Å². The first-order valence-electron chi connectivity index (χ1n) is 6.70. The van der Waals surface area contributed by atoms with Gasteiger partial charge in [-0.15, -0.1) is 11.3 Å². The zero-order valence-electron chi connectivity index (χ0n) is 12.1. The van der Waals surface area contributed by atoms with Gasteiger partial charge < -0.3 is 10.2 Å². The highest BCUT2D eigenvalue weighted by atomic mass is 32.1. The van der Waals surface area contributed by atoms with Gasteiger partial charge in [-0.25, -0.2) is 0 Å². The molecular weight excluding hydrogens is 284 g/mol. The molecule has 1 N–H and O–H groups in total. The second-order valence-electron chi connectivity index (χ2n) is 4.90. The Morgan fingerprint density at radius 1 is 1.14 bits per heavy atom. The summed E-state index contributed by atoms with van der Waals surface area (Å²) in [6.07, 6.45) is 1.21. The first-order valence-corrected chi connectivity index (χ1v) is 7.58. The second-order valence-corrected chi connectivity index (χ2v) is 5.94. The maximum absolute atomic E-state index is 11.9. The molecule has 21 heavy (non-hydrogen) atoms. The van der Waals surface area contributed by atoms with Crippen molar-refractivity contribution in [1.29, 1.82) is 0 Å². The molecule has 0 spiro atoms. The van der Waals surface area contributed by atoms with Crippen LogP contribution in [0.15, 0.2) is 41.8 Å². The van der Waals surface area contributed by atoms with Crippen LogP contribution in [0.4, 0.5) is 5.69 Å². The van der Waals surface area contributed by atoms with Crippen molar-refractivity contribution < 1.29 is 9.59 Å². The van der Waals surface area contributed by atoms with E-state index in [0.29, 0.717) is 17.7 Å². The van der Waals surface area contributed by atoms with Gasteiger partial charge in [0, 0.05) is 36.6 Å². The van der Waals surface area contributed by atoms with E-state index in [4.69, 9.17) is 0 Å². The molecule has 4 nitrogen and oxygen atoms in total. The normalized spacial score (nSPS) is 10.2. The summed E-state index contributed by atoms with van der Waals surface area (Å²) in [7, 11) is 3.42. The van der Waals surface area contributed by atoms with E-state index in [2.05, 4.69) is 5.32 Å². The Morgan fingerprint density at radius 3 is 2.43 bits per heavy atom. The summed E-state index contributed by atoms with van der Waals surface area (Å²) >= 11 is 1.66. The number of rotatable bonds is 5. The van der Waals surface area contributed by atoms with E-state index in [0.717, 1.165) is 6.42 Å². The predicted molar refractivity (Wildman–Crippen MR) is 85.7 cm³/mol. The van der Waals surface area contributed by atoms with Crippen LogP contribution in [-0.2, 0) is 11.2 Å². The molecule has 1 aromatic carbocycles. The largest absolute Gasteiger partial charge is 0.345 e. The van der Waals surface area contributed by atoms with E-state index >= 15 is 0 Å². The summed E-state index contributed by atoms with van der Waals surface area (Å²) in [6, 6.07) is 11.0. The average molecular weight is 302 g/mol. The van der Waals surface area contributed by atoms with E-state index in [-0.39, 0.29) is 11.8 Å². The lowest BCUT2D eigenvalue weighted by molar-refractivity contribution is -0.116. The van der Waals surface area contributed by atoms with E-state index in [1.165, 1.54) is 9.78 Å². The summed E-state index contributed by atoms with van der Waals surface area (Å²) in [4.78, 5) is 26.3. The molecule has 0 radical (unpaired) electrons. The number of benzene rings is 1. The number of thiophene rings is 1. The highest BCUT2D eigenvalue weighted by Crippen LogP contribution is 2.13. The van der Waals surface area contributed by atoms with Crippen LogP contribution in [0.2, 0.25) is 0 Å². The topological polar surface area (TPSA) is 49.4 Å². The standard InChI is InChI=1S/C16H18N2O2S/c1-18(2)16(20)12-5-7-13(8-6-12)17-15(19)10-9-14-4-3-11-21-14/h3-8,11H,9-10H2,1-2H3,(H,17,19). The van der Waals surface area contributed by atoms with E-state index < -0.39 is 0 Å². The van der Waals surface area contributed by atoms with Gasteiger partial charge in [-0.3, -0.25) is 9.59 Å². The number of anilines is 1. The fraction of sp³-hybridized carbons (Fsp3) is 0.250. The van der Waals surface area contributed by atoms with Gasteiger partial charge in [0.15, 0.2) is 0 Å². The molecule has 1 aromatic heterocycles. The smallest absolute Gasteiger partial charge is 0.253 e. The number of carbonyl (C=O) groups is 2. The zero-order valence-corrected chi connectivity index (χ0v) is 12.9. The van der Waals surface area contributed by atoms with Crippen LogP contribution in [0.25, 0.3) is 0 Å². The maximum Gasteiger partial charge on any atom is 0.253 e.